The third-order valence-electron chi connectivity index (χ3n) is 5.49. The smallest absolute Gasteiger partial charge is 0.312 e. The number of ether oxygens (including phenoxy) is 1. The zero-order valence-electron chi connectivity index (χ0n) is 16.6. The Morgan fingerprint density at radius 3 is 2.24 bits per heavy atom. The number of rotatable bonds is 2. The molecule has 2 heterocycles. The number of carbonyl (C=O) groups is 1. The van der Waals surface area contributed by atoms with E-state index in [9.17, 15) is 33.0 Å². The molecular formula is C24H13F3O6. The van der Waals surface area contributed by atoms with E-state index in [0.29, 0.717) is 5.56 Å². The fraction of sp³-hybridized carbons (Fsp3) is 0.0833. The molecule has 0 radical (unpaired) electrons. The van der Waals surface area contributed by atoms with Crippen LogP contribution in [-0.4, -0.2) is 16.2 Å². The summed E-state index contributed by atoms with van der Waals surface area (Å²) in [6, 6.07) is 9.46. The highest BCUT2D eigenvalue weighted by atomic mass is 19.2. The molecule has 1 aliphatic heterocycles. The number of benzene rings is 3. The van der Waals surface area contributed by atoms with Gasteiger partial charge in [0.05, 0.1) is 6.42 Å². The average molecular weight is 454 g/mol. The number of halogens is 3. The minimum absolute atomic E-state index is 0.00995. The zero-order chi connectivity index (χ0) is 23.4. The maximum atomic E-state index is 14.0. The molecule has 33 heavy (non-hydrogen) atoms. The SMILES string of the molecule is O=C1C[C@@H](c2cc(F)c(F)c(F)c2)c2c(cc(O)c3c(=O)cc(-c4ccc(O)cc4)oc23)O1. The molecule has 0 fully saturated rings. The lowest BCUT2D eigenvalue weighted by Crippen LogP contribution is -2.22. The van der Waals surface area contributed by atoms with E-state index in [1.54, 1.807) is 0 Å². The monoisotopic (exact) mass is 454 g/mol. The third kappa shape index (κ3) is 3.38. The standard InChI is InChI=1S/C24H13F3O6/c25-14-5-11(6-15(26)23(14)27)13-7-20(31)32-19-9-17(30)22-16(29)8-18(33-24(22)21(13)19)10-1-3-12(28)4-2-10/h1-6,8-9,13,28,30H,7H2/t13-/m0/s1. The molecule has 1 aromatic heterocycles. The number of hydrogen-bond donors (Lipinski definition) is 2. The first-order valence-electron chi connectivity index (χ1n) is 9.71. The molecule has 166 valence electrons. The van der Waals surface area contributed by atoms with E-state index in [-0.39, 0.29) is 45.8 Å². The number of aromatic hydroxyl groups is 2. The summed E-state index contributed by atoms with van der Waals surface area (Å²) in [6.45, 7) is 0. The predicted octanol–water partition coefficient (Wildman–Crippen LogP) is 4.73. The Morgan fingerprint density at radius 2 is 1.58 bits per heavy atom. The van der Waals surface area contributed by atoms with Crippen LogP contribution >= 0.6 is 0 Å². The van der Waals surface area contributed by atoms with Gasteiger partial charge < -0.3 is 19.4 Å². The van der Waals surface area contributed by atoms with Crippen molar-refractivity contribution in [2.75, 3.05) is 0 Å². The van der Waals surface area contributed by atoms with Crippen LogP contribution in [0.25, 0.3) is 22.3 Å². The molecule has 0 saturated carbocycles. The van der Waals surface area contributed by atoms with E-state index >= 15 is 0 Å². The van der Waals surface area contributed by atoms with E-state index in [0.717, 1.165) is 24.3 Å². The molecule has 0 bridgehead atoms. The first-order chi connectivity index (χ1) is 15.7. The molecule has 0 amide bonds. The second-order valence-electron chi connectivity index (χ2n) is 7.56. The Labute approximate surface area is 183 Å². The van der Waals surface area contributed by atoms with Crippen molar-refractivity contribution >= 4 is 16.9 Å². The number of phenolic OH excluding ortho intramolecular Hbond substituents is 2. The van der Waals surface area contributed by atoms with Crippen LogP contribution in [0.15, 0.2) is 57.7 Å². The summed E-state index contributed by atoms with van der Waals surface area (Å²) in [5.41, 5.74) is -0.318. The summed E-state index contributed by atoms with van der Waals surface area (Å²) in [5, 5.41) is 19.7. The molecule has 0 spiro atoms. The average Bonchev–Trinajstić information content (AvgIpc) is 2.76. The summed E-state index contributed by atoms with van der Waals surface area (Å²) in [5.74, 6) is -6.96. The lowest BCUT2D eigenvalue weighted by molar-refractivity contribution is -0.135. The van der Waals surface area contributed by atoms with Crippen LogP contribution < -0.4 is 10.2 Å². The largest absolute Gasteiger partial charge is 0.508 e. The lowest BCUT2D eigenvalue weighted by atomic mass is 9.85. The zero-order valence-corrected chi connectivity index (χ0v) is 16.6. The van der Waals surface area contributed by atoms with Crippen molar-refractivity contribution in [3.05, 3.63) is 87.3 Å². The molecule has 0 aliphatic carbocycles. The van der Waals surface area contributed by atoms with Crippen LogP contribution in [0.3, 0.4) is 0 Å². The topological polar surface area (TPSA) is 97.0 Å². The second kappa shape index (κ2) is 7.40. The maximum Gasteiger partial charge on any atom is 0.312 e. The molecule has 0 unspecified atom stereocenters. The molecule has 2 N–H and O–H groups in total. The van der Waals surface area contributed by atoms with Crippen molar-refractivity contribution in [2.45, 2.75) is 12.3 Å². The molecule has 4 aromatic rings. The molecule has 3 aromatic carbocycles. The van der Waals surface area contributed by atoms with Crippen LogP contribution in [0, 0.1) is 17.5 Å². The van der Waals surface area contributed by atoms with E-state index in [4.69, 9.17) is 9.15 Å². The van der Waals surface area contributed by atoms with Gasteiger partial charge in [0, 0.05) is 29.2 Å². The molecule has 0 saturated heterocycles. The Morgan fingerprint density at radius 1 is 0.909 bits per heavy atom. The highest BCUT2D eigenvalue weighted by Crippen LogP contribution is 2.46. The van der Waals surface area contributed by atoms with Crippen molar-refractivity contribution in [1.29, 1.82) is 0 Å². The summed E-state index contributed by atoms with van der Waals surface area (Å²) >= 11 is 0. The highest BCUT2D eigenvalue weighted by Gasteiger charge is 2.34. The predicted molar refractivity (Wildman–Crippen MR) is 110 cm³/mol. The minimum atomic E-state index is -1.66. The fourth-order valence-electron chi connectivity index (χ4n) is 3.99. The fourth-order valence-corrected chi connectivity index (χ4v) is 3.99. The van der Waals surface area contributed by atoms with Gasteiger partial charge in [0.15, 0.2) is 22.9 Å². The van der Waals surface area contributed by atoms with Crippen molar-refractivity contribution in [3.8, 4) is 28.6 Å². The van der Waals surface area contributed by atoms with Gasteiger partial charge in [0.1, 0.15) is 34.0 Å². The van der Waals surface area contributed by atoms with Gasteiger partial charge in [-0.3, -0.25) is 9.59 Å². The van der Waals surface area contributed by atoms with Gasteiger partial charge in [0.2, 0.25) is 0 Å². The van der Waals surface area contributed by atoms with Crippen molar-refractivity contribution < 1.29 is 37.3 Å². The summed E-state index contributed by atoms with van der Waals surface area (Å²) in [6.07, 6.45) is -0.371. The maximum absolute atomic E-state index is 14.0. The highest BCUT2D eigenvalue weighted by molar-refractivity contribution is 5.93. The van der Waals surface area contributed by atoms with Crippen molar-refractivity contribution in [3.63, 3.8) is 0 Å². The van der Waals surface area contributed by atoms with E-state index in [1.165, 1.54) is 24.3 Å². The van der Waals surface area contributed by atoms with Crippen LogP contribution in [0.1, 0.15) is 23.5 Å². The Kier molecular flexibility index (Phi) is 4.63. The van der Waals surface area contributed by atoms with Crippen LogP contribution in [0.2, 0.25) is 0 Å². The van der Waals surface area contributed by atoms with E-state index in [2.05, 4.69) is 0 Å². The van der Waals surface area contributed by atoms with Gasteiger partial charge in [-0.1, -0.05) is 0 Å². The van der Waals surface area contributed by atoms with Crippen LogP contribution in [-0.2, 0) is 4.79 Å². The summed E-state index contributed by atoms with van der Waals surface area (Å²) in [4.78, 5) is 25.1. The van der Waals surface area contributed by atoms with Crippen LogP contribution in [0.5, 0.6) is 17.2 Å². The third-order valence-corrected chi connectivity index (χ3v) is 5.49. The van der Waals surface area contributed by atoms with E-state index < -0.39 is 40.5 Å². The van der Waals surface area contributed by atoms with Gasteiger partial charge in [-0.05, 0) is 42.0 Å². The molecular weight excluding hydrogens is 441 g/mol. The first-order valence-corrected chi connectivity index (χ1v) is 9.71. The first kappa shape index (κ1) is 20.6. The lowest BCUT2D eigenvalue weighted by Gasteiger charge is -2.26. The Hall–Kier alpha value is -4.27. The second-order valence-corrected chi connectivity index (χ2v) is 7.56. The van der Waals surface area contributed by atoms with Gasteiger partial charge in [0.25, 0.3) is 0 Å². The van der Waals surface area contributed by atoms with Crippen LogP contribution in [0.4, 0.5) is 13.2 Å². The van der Waals surface area contributed by atoms with Gasteiger partial charge >= 0.3 is 5.97 Å². The normalized spacial score (nSPS) is 15.4. The number of esters is 1. The van der Waals surface area contributed by atoms with E-state index in [1.807, 2.05) is 0 Å². The molecule has 5 rings (SSSR count). The summed E-state index contributed by atoms with van der Waals surface area (Å²) in [7, 11) is 0. The van der Waals surface area contributed by atoms with Crippen molar-refractivity contribution in [2.24, 2.45) is 0 Å². The summed E-state index contributed by atoms with van der Waals surface area (Å²) < 4.78 is 52.6. The molecule has 1 atom stereocenters. The minimum Gasteiger partial charge on any atom is -0.508 e. The Balaban J connectivity index is 1.82. The molecule has 9 heteroatoms. The molecule has 1 aliphatic rings. The number of fused-ring (bicyclic) bond motifs is 3. The number of phenols is 2. The van der Waals surface area contributed by atoms with Crippen molar-refractivity contribution in [1.82, 2.24) is 0 Å². The number of hydrogen-bond acceptors (Lipinski definition) is 6. The quantitative estimate of drug-likeness (QED) is 0.258. The van der Waals surface area contributed by atoms with Gasteiger partial charge in [-0.2, -0.15) is 0 Å². The Bertz CT molecular complexity index is 1480. The van der Waals surface area contributed by atoms with Gasteiger partial charge in [-0.15, -0.1) is 0 Å². The van der Waals surface area contributed by atoms with Gasteiger partial charge in [-0.25, -0.2) is 13.2 Å². The molecule has 6 nitrogen and oxygen atoms in total. The number of carbonyl (C=O) groups excluding carboxylic acids is 1.